The van der Waals surface area contributed by atoms with Gasteiger partial charge in [0.05, 0.1) is 4.90 Å². The van der Waals surface area contributed by atoms with E-state index in [-0.39, 0.29) is 29.6 Å². The molecule has 0 aliphatic carbocycles. The number of aliphatic hydroxyl groups is 1. The van der Waals surface area contributed by atoms with Gasteiger partial charge in [-0.25, -0.2) is 8.42 Å². The third-order valence-electron chi connectivity index (χ3n) is 5.89. The quantitative estimate of drug-likeness (QED) is 0.486. The highest BCUT2D eigenvalue weighted by atomic mass is 32.2. The normalized spacial score (nSPS) is 17.7. The van der Waals surface area contributed by atoms with Gasteiger partial charge in [0, 0.05) is 25.3 Å². The second kappa shape index (κ2) is 10.7. The van der Waals surface area contributed by atoms with Gasteiger partial charge in [-0.05, 0) is 41.2 Å². The van der Waals surface area contributed by atoms with Crippen LogP contribution >= 0.6 is 11.8 Å². The summed E-state index contributed by atoms with van der Waals surface area (Å²) in [5.41, 5.74) is 2.93. The molecule has 4 rings (SSSR count). The lowest BCUT2D eigenvalue weighted by Gasteiger charge is -2.24. The Morgan fingerprint density at radius 1 is 0.939 bits per heavy atom. The molecule has 1 saturated heterocycles. The first-order valence-electron chi connectivity index (χ1n) is 11.0. The maximum Gasteiger partial charge on any atom is 0.244 e. The number of nitrogens with zero attached hydrogens (tertiary/aromatic N) is 1. The van der Waals surface area contributed by atoms with Crippen molar-refractivity contribution in [2.45, 2.75) is 29.0 Å². The van der Waals surface area contributed by atoms with Crippen LogP contribution in [-0.2, 0) is 14.8 Å². The predicted octanol–water partition coefficient (Wildman–Crippen LogP) is 4.54. The zero-order valence-corrected chi connectivity index (χ0v) is 19.8. The molecule has 3 aromatic carbocycles. The second-order valence-corrected chi connectivity index (χ2v) is 11.1. The predicted molar refractivity (Wildman–Crippen MR) is 133 cm³/mol. The van der Waals surface area contributed by atoms with Crippen LogP contribution in [0.4, 0.5) is 0 Å². The van der Waals surface area contributed by atoms with Gasteiger partial charge < -0.3 is 5.11 Å². The third kappa shape index (κ3) is 5.38. The lowest BCUT2D eigenvalue weighted by atomic mass is 9.91. The minimum atomic E-state index is -3.80. The third-order valence-corrected chi connectivity index (χ3v) is 9.15. The number of hydrogen-bond donors (Lipinski definition) is 1. The highest BCUT2D eigenvalue weighted by Gasteiger charge is 2.40. The first-order valence-corrected chi connectivity index (χ1v) is 13.5. The molecule has 7 heteroatoms. The van der Waals surface area contributed by atoms with Crippen LogP contribution in [0.25, 0.3) is 11.1 Å². The Balaban J connectivity index is 1.52. The summed E-state index contributed by atoms with van der Waals surface area (Å²) in [6, 6.07) is 26.2. The monoisotopic (exact) mass is 481 g/mol. The Labute approximate surface area is 199 Å². The van der Waals surface area contributed by atoms with Gasteiger partial charge in [-0.1, -0.05) is 72.8 Å². The topological polar surface area (TPSA) is 74.7 Å². The van der Waals surface area contributed by atoms with Crippen molar-refractivity contribution in [1.29, 1.82) is 0 Å². The van der Waals surface area contributed by atoms with Crippen molar-refractivity contribution in [3.05, 3.63) is 90.5 Å². The Bertz CT molecular complexity index is 1170. The fourth-order valence-electron chi connectivity index (χ4n) is 4.15. The number of rotatable bonds is 9. The van der Waals surface area contributed by atoms with Gasteiger partial charge in [0.2, 0.25) is 10.0 Å². The van der Waals surface area contributed by atoms with Gasteiger partial charge in [-0.3, -0.25) is 4.79 Å². The van der Waals surface area contributed by atoms with E-state index in [9.17, 15) is 18.3 Å². The first kappa shape index (κ1) is 23.7. The average molecular weight is 482 g/mol. The molecular weight excluding hydrogens is 454 g/mol. The summed E-state index contributed by atoms with van der Waals surface area (Å²) in [4.78, 5) is 13.4. The van der Waals surface area contributed by atoms with Crippen LogP contribution in [0, 0.1) is 0 Å². The number of thioether (sulfide) groups is 1. The Hall–Kier alpha value is -2.45. The molecule has 0 spiro atoms. The van der Waals surface area contributed by atoms with Crippen LogP contribution < -0.4 is 0 Å². The van der Waals surface area contributed by atoms with Crippen LogP contribution in [-0.4, -0.2) is 47.9 Å². The highest BCUT2D eigenvalue weighted by molar-refractivity contribution is 8.02. The highest BCUT2D eigenvalue weighted by Crippen LogP contribution is 2.34. The molecule has 1 aliphatic heterocycles. The van der Waals surface area contributed by atoms with Crippen molar-refractivity contribution < 1.29 is 18.3 Å². The van der Waals surface area contributed by atoms with Gasteiger partial charge in [0.25, 0.3) is 0 Å². The molecule has 1 N–H and O–H groups in total. The summed E-state index contributed by atoms with van der Waals surface area (Å²) in [5.74, 6) is 0.317. The molecule has 0 aromatic heterocycles. The minimum Gasteiger partial charge on any atom is -0.396 e. The van der Waals surface area contributed by atoms with E-state index in [0.717, 1.165) is 16.7 Å². The lowest BCUT2D eigenvalue weighted by Crippen LogP contribution is -2.39. The smallest absolute Gasteiger partial charge is 0.244 e. The van der Waals surface area contributed by atoms with Gasteiger partial charge in [-0.2, -0.15) is 4.31 Å². The number of benzene rings is 3. The Morgan fingerprint density at radius 2 is 1.55 bits per heavy atom. The molecule has 172 valence electrons. The number of sulfonamides is 1. The summed E-state index contributed by atoms with van der Waals surface area (Å²) in [6.45, 7) is 0.278. The fourth-order valence-corrected chi connectivity index (χ4v) is 7.32. The minimum absolute atomic E-state index is 0.0274. The van der Waals surface area contributed by atoms with Gasteiger partial charge in [0.1, 0.15) is 5.37 Å². The summed E-state index contributed by atoms with van der Waals surface area (Å²) in [7, 11) is -3.80. The van der Waals surface area contributed by atoms with E-state index in [0.29, 0.717) is 18.7 Å². The van der Waals surface area contributed by atoms with Crippen molar-refractivity contribution in [2.75, 3.05) is 18.9 Å². The van der Waals surface area contributed by atoms with Crippen LogP contribution in [0.15, 0.2) is 89.8 Å². The Kier molecular flexibility index (Phi) is 7.65. The SMILES string of the molecule is O=C(C[C@@H](CCO)c1ccccc1)[C@@H]1SCCN1S(=O)(=O)c1ccc(-c2ccccc2)cc1. The summed E-state index contributed by atoms with van der Waals surface area (Å²) >= 11 is 1.37. The average Bonchev–Trinajstić information content (AvgIpc) is 3.36. The maximum atomic E-state index is 13.4. The molecule has 0 radical (unpaired) electrons. The molecule has 5 nitrogen and oxygen atoms in total. The van der Waals surface area contributed by atoms with Crippen molar-refractivity contribution in [3.63, 3.8) is 0 Å². The zero-order valence-electron chi connectivity index (χ0n) is 18.2. The van der Waals surface area contributed by atoms with Crippen molar-refractivity contribution in [1.82, 2.24) is 4.31 Å². The molecule has 33 heavy (non-hydrogen) atoms. The van der Waals surface area contributed by atoms with Crippen LogP contribution in [0.3, 0.4) is 0 Å². The van der Waals surface area contributed by atoms with Gasteiger partial charge >= 0.3 is 0 Å². The molecule has 1 heterocycles. The number of ketones is 1. The van der Waals surface area contributed by atoms with E-state index in [1.54, 1.807) is 24.3 Å². The Morgan fingerprint density at radius 3 is 2.18 bits per heavy atom. The van der Waals surface area contributed by atoms with Gasteiger partial charge in [0.15, 0.2) is 5.78 Å². The van der Waals surface area contributed by atoms with Gasteiger partial charge in [-0.15, -0.1) is 11.8 Å². The van der Waals surface area contributed by atoms with E-state index in [2.05, 4.69) is 0 Å². The van der Waals surface area contributed by atoms with Crippen molar-refractivity contribution in [2.24, 2.45) is 0 Å². The zero-order chi connectivity index (χ0) is 23.3. The van der Waals surface area contributed by atoms with E-state index in [4.69, 9.17) is 0 Å². The molecule has 0 bridgehead atoms. The molecule has 3 aromatic rings. The summed E-state index contributed by atoms with van der Waals surface area (Å²) in [6.07, 6.45) is 0.655. The number of Topliss-reactive ketones (excluding diaryl/α,β-unsaturated/α-hetero) is 1. The van der Waals surface area contributed by atoms with E-state index in [1.165, 1.54) is 16.1 Å². The molecule has 1 fully saturated rings. The molecule has 2 atom stereocenters. The number of aliphatic hydroxyl groups excluding tert-OH is 1. The molecule has 0 amide bonds. The number of hydrogen-bond acceptors (Lipinski definition) is 5. The maximum absolute atomic E-state index is 13.4. The number of carbonyl (C=O) groups is 1. The van der Waals surface area contributed by atoms with Crippen molar-refractivity contribution >= 4 is 27.6 Å². The van der Waals surface area contributed by atoms with E-state index >= 15 is 0 Å². The first-order chi connectivity index (χ1) is 16.0. The largest absolute Gasteiger partial charge is 0.396 e. The van der Waals surface area contributed by atoms with Crippen LogP contribution in [0.5, 0.6) is 0 Å². The summed E-state index contributed by atoms with van der Waals surface area (Å²) < 4.78 is 28.1. The van der Waals surface area contributed by atoms with Crippen LogP contribution in [0.1, 0.15) is 24.3 Å². The molecule has 0 unspecified atom stereocenters. The van der Waals surface area contributed by atoms with E-state index in [1.807, 2.05) is 60.7 Å². The van der Waals surface area contributed by atoms with E-state index < -0.39 is 15.4 Å². The fraction of sp³-hybridized carbons (Fsp3) is 0.269. The molecule has 1 aliphatic rings. The van der Waals surface area contributed by atoms with Crippen LogP contribution in [0.2, 0.25) is 0 Å². The number of carbonyl (C=O) groups excluding carboxylic acids is 1. The second-order valence-electron chi connectivity index (χ2n) is 8.02. The standard InChI is InChI=1S/C26H27NO4S2/c28-17-15-23(21-9-5-2-6-10-21)19-25(29)26-27(16-18-32-26)33(30,31)24-13-11-22(12-14-24)20-7-3-1-4-8-20/h1-14,23,26,28H,15-19H2/t23-,26+/m1/s1. The molecular formula is C26H27NO4S2. The lowest BCUT2D eigenvalue weighted by molar-refractivity contribution is -0.120. The summed E-state index contributed by atoms with van der Waals surface area (Å²) in [5, 5.41) is 8.75. The van der Waals surface area contributed by atoms with Crippen molar-refractivity contribution in [3.8, 4) is 11.1 Å². The molecule has 0 saturated carbocycles.